The predicted octanol–water partition coefficient (Wildman–Crippen LogP) is 2.96. The van der Waals surface area contributed by atoms with Crippen molar-refractivity contribution in [3.05, 3.63) is 34.9 Å². The van der Waals surface area contributed by atoms with Crippen LogP contribution >= 0.6 is 11.3 Å². The summed E-state index contributed by atoms with van der Waals surface area (Å²) in [4.78, 5) is 14.4. The van der Waals surface area contributed by atoms with Crippen molar-refractivity contribution in [3.8, 4) is 0 Å². The summed E-state index contributed by atoms with van der Waals surface area (Å²) in [6, 6.07) is 4.07. The molecule has 0 saturated carbocycles. The SMILES string of the molecule is CC(C)=CCn1c(C(=O)NCCN(C)C)cc2sccc21. The Kier molecular flexibility index (Phi) is 5.20. The fourth-order valence-corrected chi connectivity index (χ4v) is 2.94. The van der Waals surface area contributed by atoms with E-state index in [2.05, 4.69) is 46.2 Å². The topological polar surface area (TPSA) is 37.3 Å². The average Bonchev–Trinajstić information content (AvgIpc) is 2.96. The number of thiophene rings is 1. The Hall–Kier alpha value is -1.59. The van der Waals surface area contributed by atoms with Crippen LogP contribution in [0.4, 0.5) is 0 Å². The molecular formula is C16H23N3OS. The van der Waals surface area contributed by atoms with E-state index in [4.69, 9.17) is 0 Å². The van der Waals surface area contributed by atoms with Crippen LogP contribution in [0.2, 0.25) is 0 Å². The van der Waals surface area contributed by atoms with Crippen molar-refractivity contribution in [1.82, 2.24) is 14.8 Å². The first-order valence-electron chi connectivity index (χ1n) is 7.12. The molecule has 0 unspecified atom stereocenters. The summed E-state index contributed by atoms with van der Waals surface area (Å²) in [5, 5.41) is 5.06. The first-order chi connectivity index (χ1) is 9.99. The number of aromatic nitrogens is 1. The minimum Gasteiger partial charge on any atom is -0.349 e. The highest BCUT2D eigenvalue weighted by Crippen LogP contribution is 2.25. The van der Waals surface area contributed by atoms with Crippen molar-refractivity contribution in [3.63, 3.8) is 0 Å². The van der Waals surface area contributed by atoms with Crippen molar-refractivity contribution in [2.45, 2.75) is 20.4 Å². The first kappa shape index (κ1) is 15.8. The Balaban J connectivity index is 2.21. The number of likely N-dealkylation sites (N-methyl/N-ethyl adjacent to an activating group) is 1. The van der Waals surface area contributed by atoms with Crippen LogP contribution in [0, 0.1) is 0 Å². The van der Waals surface area contributed by atoms with Gasteiger partial charge in [0.1, 0.15) is 5.69 Å². The second kappa shape index (κ2) is 6.91. The Morgan fingerprint density at radius 2 is 2.19 bits per heavy atom. The van der Waals surface area contributed by atoms with E-state index in [1.165, 1.54) is 5.57 Å². The number of nitrogens with zero attached hydrogens (tertiary/aromatic N) is 2. The third-order valence-electron chi connectivity index (χ3n) is 3.28. The molecule has 114 valence electrons. The quantitative estimate of drug-likeness (QED) is 0.833. The van der Waals surface area contributed by atoms with Crippen molar-refractivity contribution in [1.29, 1.82) is 0 Å². The molecule has 2 heterocycles. The van der Waals surface area contributed by atoms with E-state index in [1.807, 2.05) is 20.2 Å². The molecule has 1 N–H and O–H groups in total. The zero-order chi connectivity index (χ0) is 15.4. The molecule has 2 aromatic heterocycles. The molecule has 2 aromatic rings. The molecule has 0 fully saturated rings. The molecule has 0 spiro atoms. The maximum Gasteiger partial charge on any atom is 0.268 e. The van der Waals surface area contributed by atoms with E-state index in [-0.39, 0.29) is 5.91 Å². The lowest BCUT2D eigenvalue weighted by atomic mass is 10.3. The van der Waals surface area contributed by atoms with Crippen LogP contribution in [0.3, 0.4) is 0 Å². The van der Waals surface area contributed by atoms with Gasteiger partial charge in [-0.25, -0.2) is 0 Å². The summed E-state index contributed by atoms with van der Waals surface area (Å²) >= 11 is 1.67. The number of rotatable bonds is 6. The molecule has 1 amide bonds. The second-order valence-corrected chi connectivity index (χ2v) is 6.60. The lowest BCUT2D eigenvalue weighted by Crippen LogP contribution is -2.32. The van der Waals surface area contributed by atoms with Gasteiger partial charge in [0, 0.05) is 19.6 Å². The lowest BCUT2D eigenvalue weighted by molar-refractivity contribution is 0.0942. The molecule has 0 aliphatic carbocycles. The van der Waals surface area contributed by atoms with E-state index in [0.717, 1.165) is 29.0 Å². The van der Waals surface area contributed by atoms with E-state index in [0.29, 0.717) is 6.54 Å². The van der Waals surface area contributed by atoms with Crippen LogP contribution in [-0.4, -0.2) is 42.6 Å². The van der Waals surface area contributed by atoms with Gasteiger partial charge in [0.15, 0.2) is 0 Å². The van der Waals surface area contributed by atoms with Crippen LogP contribution in [0.25, 0.3) is 10.2 Å². The third-order valence-corrected chi connectivity index (χ3v) is 4.14. The monoisotopic (exact) mass is 305 g/mol. The minimum absolute atomic E-state index is 0.00223. The van der Waals surface area contributed by atoms with Gasteiger partial charge in [-0.3, -0.25) is 4.79 Å². The smallest absolute Gasteiger partial charge is 0.268 e. The Morgan fingerprint density at radius 3 is 2.86 bits per heavy atom. The number of carbonyl (C=O) groups excluding carboxylic acids is 1. The third kappa shape index (κ3) is 3.95. The predicted molar refractivity (Wildman–Crippen MR) is 90.1 cm³/mol. The number of carbonyl (C=O) groups is 1. The van der Waals surface area contributed by atoms with Crippen LogP contribution in [0.5, 0.6) is 0 Å². The maximum absolute atomic E-state index is 12.4. The Morgan fingerprint density at radius 1 is 1.43 bits per heavy atom. The highest BCUT2D eigenvalue weighted by molar-refractivity contribution is 7.17. The lowest BCUT2D eigenvalue weighted by Gasteiger charge is -2.12. The zero-order valence-corrected chi connectivity index (χ0v) is 14.0. The second-order valence-electron chi connectivity index (χ2n) is 5.65. The molecule has 21 heavy (non-hydrogen) atoms. The largest absolute Gasteiger partial charge is 0.349 e. The molecule has 0 radical (unpaired) electrons. The summed E-state index contributed by atoms with van der Waals surface area (Å²) < 4.78 is 3.25. The number of hydrogen-bond acceptors (Lipinski definition) is 3. The number of allylic oxidation sites excluding steroid dienone is 2. The minimum atomic E-state index is 0.00223. The van der Waals surface area contributed by atoms with Crippen LogP contribution in [0.15, 0.2) is 29.2 Å². The Bertz CT molecular complexity index is 648. The van der Waals surface area contributed by atoms with Gasteiger partial charge in [-0.15, -0.1) is 11.3 Å². The molecule has 4 nitrogen and oxygen atoms in total. The molecule has 0 aliphatic rings. The first-order valence-corrected chi connectivity index (χ1v) is 8.00. The molecule has 0 atom stereocenters. The van der Waals surface area contributed by atoms with Gasteiger partial charge >= 0.3 is 0 Å². The van der Waals surface area contributed by atoms with Crippen molar-refractivity contribution in [2.75, 3.05) is 27.2 Å². The molecule has 0 aromatic carbocycles. The number of amides is 1. The highest BCUT2D eigenvalue weighted by Gasteiger charge is 2.15. The van der Waals surface area contributed by atoms with E-state index >= 15 is 0 Å². The van der Waals surface area contributed by atoms with E-state index < -0.39 is 0 Å². The molecule has 0 aliphatic heterocycles. The zero-order valence-electron chi connectivity index (χ0n) is 13.1. The summed E-state index contributed by atoms with van der Waals surface area (Å²) in [5.74, 6) is 0.00223. The summed E-state index contributed by atoms with van der Waals surface area (Å²) in [6.07, 6.45) is 2.15. The van der Waals surface area contributed by atoms with Gasteiger partial charge in [-0.2, -0.15) is 0 Å². The fourth-order valence-electron chi connectivity index (χ4n) is 2.12. The summed E-state index contributed by atoms with van der Waals surface area (Å²) in [6.45, 7) is 6.39. The van der Waals surface area contributed by atoms with Crippen molar-refractivity contribution in [2.24, 2.45) is 0 Å². The van der Waals surface area contributed by atoms with Crippen LogP contribution < -0.4 is 5.32 Å². The van der Waals surface area contributed by atoms with Crippen molar-refractivity contribution >= 4 is 27.5 Å². The summed E-state index contributed by atoms with van der Waals surface area (Å²) in [5.41, 5.74) is 3.13. The van der Waals surface area contributed by atoms with Gasteiger partial charge in [0.2, 0.25) is 0 Å². The summed E-state index contributed by atoms with van der Waals surface area (Å²) in [7, 11) is 4.00. The number of hydrogen-bond donors (Lipinski definition) is 1. The fraction of sp³-hybridized carbons (Fsp3) is 0.438. The molecule has 0 saturated heterocycles. The average molecular weight is 305 g/mol. The molecule has 2 rings (SSSR count). The number of fused-ring (bicyclic) bond motifs is 1. The standard InChI is InChI=1S/C16H23N3OS/c1-12(2)5-8-19-13-6-10-21-15(13)11-14(19)16(20)17-7-9-18(3)4/h5-6,10-11H,7-9H2,1-4H3,(H,17,20). The van der Waals surface area contributed by atoms with Gasteiger partial charge in [-0.1, -0.05) is 11.6 Å². The van der Waals surface area contributed by atoms with Crippen molar-refractivity contribution < 1.29 is 4.79 Å². The van der Waals surface area contributed by atoms with E-state index in [1.54, 1.807) is 11.3 Å². The van der Waals surface area contributed by atoms with Gasteiger partial charge in [0.25, 0.3) is 5.91 Å². The van der Waals surface area contributed by atoms with E-state index in [9.17, 15) is 4.79 Å². The van der Waals surface area contributed by atoms with Gasteiger partial charge in [-0.05, 0) is 45.5 Å². The molecular weight excluding hydrogens is 282 g/mol. The van der Waals surface area contributed by atoms with Crippen LogP contribution in [0.1, 0.15) is 24.3 Å². The molecule has 5 heteroatoms. The van der Waals surface area contributed by atoms with Gasteiger partial charge < -0.3 is 14.8 Å². The molecule has 0 bridgehead atoms. The van der Waals surface area contributed by atoms with Gasteiger partial charge in [0.05, 0.1) is 10.2 Å². The highest BCUT2D eigenvalue weighted by atomic mass is 32.1. The van der Waals surface area contributed by atoms with Crippen LogP contribution in [-0.2, 0) is 6.54 Å². The Labute approximate surface area is 130 Å². The normalized spacial score (nSPS) is 11.1. The number of nitrogens with one attached hydrogen (secondary N) is 1. The maximum atomic E-state index is 12.4.